The molecule has 0 aromatic heterocycles. The maximum Gasteiger partial charge on any atom is 0.224 e. The highest BCUT2D eigenvalue weighted by Gasteiger charge is 2.28. The van der Waals surface area contributed by atoms with Gasteiger partial charge in [0, 0.05) is 26.6 Å². The standard InChI is InChI=1S/C10H16N2O3/c1-14-4-5-15-3-2-12-8-9(7-11)6-10(12)13/h9H,2-6,8H2,1H3. The van der Waals surface area contributed by atoms with Gasteiger partial charge in [-0.3, -0.25) is 4.79 Å². The van der Waals surface area contributed by atoms with Crippen LogP contribution in [0.1, 0.15) is 6.42 Å². The van der Waals surface area contributed by atoms with E-state index in [9.17, 15) is 4.79 Å². The van der Waals surface area contributed by atoms with E-state index in [0.717, 1.165) is 0 Å². The van der Waals surface area contributed by atoms with Gasteiger partial charge in [-0.15, -0.1) is 0 Å². The first-order valence-electron chi connectivity index (χ1n) is 5.02. The van der Waals surface area contributed by atoms with Crippen LogP contribution < -0.4 is 0 Å². The van der Waals surface area contributed by atoms with Gasteiger partial charge in [-0.2, -0.15) is 5.26 Å². The lowest BCUT2D eigenvalue weighted by molar-refractivity contribution is -0.128. The van der Waals surface area contributed by atoms with Crippen molar-refractivity contribution < 1.29 is 14.3 Å². The van der Waals surface area contributed by atoms with Gasteiger partial charge in [0.15, 0.2) is 0 Å². The number of carbonyl (C=O) groups is 1. The molecule has 0 spiro atoms. The van der Waals surface area contributed by atoms with E-state index in [-0.39, 0.29) is 11.8 Å². The minimum atomic E-state index is -0.142. The molecule has 0 radical (unpaired) electrons. The zero-order chi connectivity index (χ0) is 11.1. The molecule has 0 aliphatic carbocycles. The Morgan fingerprint density at radius 1 is 1.53 bits per heavy atom. The average Bonchev–Trinajstić information content (AvgIpc) is 2.59. The van der Waals surface area contributed by atoms with E-state index in [2.05, 4.69) is 6.07 Å². The van der Waals surface area contributed by atoms with E-state index < -0.39 is 0 Å². The first kappa shape index (κ1) is 12.0. The molecule has 1 atom stereocenters. The van der Waals surface area contributed by atoms with Crippen LogP contribution in [-0.4, -0.2) is 50.8 Å². The number of amides is 1. The maximum atomic E-state index is 11.4. The Balaban J connectivity index is 2.12. The summed E-state index contributed by atoms with van der Waals surface area (Å²) in [7, 11) is 1.62. The third-order valence-electron chi connectivity index (χ3n) is 2.33. The molecule has 1 saturated heterocycles. The molecule has 1 aliphatic rings. The first-order valence-corrected chi connectivity index (χ1v) is 5.02. The smallest absolute Gasteiger partial charge is 0.224 e. The van der Waals surface area contributed by atoms with Crippen LogP contribution in [0.15, 0.2) is 0 Å². The summed E-state index contributed by atoms with van der Waals surface area (Å²) in [5.74, 6) is -0.0895. The van der Waals surface area contributed by atoms with E-state index in [1.165, 1.54) is 0 Å². The molecule has 0 aromatic rings. The Morgan fingerprint density at radius 2 is 2.33 bits per heavy atom. The van der Waals surface area contributed by atoms with Gasteiger partial charge in [0.25, 0.3) is 0 Å². The van der Waals surface area contributed by atoms with Gasteiger partial charge < -0.3 is 14.4 Å². The largest absolute Gasteiger partial charge is 0.382 e. The normalized spacial score (nSPS) is 20.7. The summed E-state index contributed by atoms with van der Waals surface area (Å²) in [5, 5.41) is 8.67. The van der Waals surface area contributed by atoms with Gasteiger partial charge in [0.1, 0.15) is 0 Å². The van der Waals surface area contributed by atoms with E-state index in [0.29, 0.717) is 39.3 Å². The molecule has 5 heteroatoms. The molecule has 1 unspecified atom stereocenters. The number of nitrogens with zero attached hydrogens (tertiary/aromatic N) is 2. The number of ether oxygens (including phenoxy) is 2. The minimum absolute atomic E-state index is 0.0527. The minimum Gasteiger partial charge on any atom is -0.382 e. The number of hydrogen-bond donors (Lipinski definition) is 0. The Kier molecular flexibility index (Phi) is 5.08. The van der Waals surface area contributed by atoms with Crippen LogP contribution in [0.4, 0.5) is 0 Å². The van der Waals surface area contributed by atoms with Crippen molar-refractivity contribution in [1.29, 1.82) is 5.26 Å². The van der Waals surface area contributed by atoms with Crippen LogP contribution in [0.25, 0.3) is 0 Å². The zero-order valence-electron chi connectivity index (χ0n) is 8.94. The molecule has 1 heterocycles. The average molecular weight is 212 g/mol. The van der Waals surface area contributed by atoms with Crippen molar-refractivity contribution in [3.63, 3.8) is 0 Å². The van der Waals surface area contributed by atoms with Crippen molar-refractivity contribution >= 4 is 5.91 Å². The van der Waals surface area contributed by atoms with Crippen molar-refractivity contribution in [3.05, 3.63) is 0 Å². The van der Waals surface area contributed by atoms with E-state index >= 15 is 0 Å². The molecule has 1 fully saturated rings. The Hall–Kier alpha value is -1.12. The number of likely N-dealkylation sites (tertiary alicyclic amines) is 1. The van der Waals surface area contributed by atoms with E-state index in [1.54, 1.807) is 12.0 Å². The molecule has 0 saturated carbocycles. The number of rotatable bonds is 6. The SMILES string of the molecule is COCCOCCN1CC(C#N)CC1=O. The summed E-state index contributed by atoms with van der Waals surface area (Å²) in [6.07, 6.45) is 0.356. The molecule has 5 nitrogen and oxygen atoms in total. The highest BCUT2D eigenvalue weighted by Crippen LogP contribution is 2.15. The van der Waals surface area contributed by atoms with Crippen LogP contribution in [-0.2, 0) is 14.3 Å². The van der Waals surface area contributed by atoms with Gasteiger partial charge >= 0.3 is 0 Å². The van der Waals surface area contributed by atoms with Crippen LogP contribution in [0.2, 0.25) is 0 Å². The maximum absolute atomic E-state index is 11.4. The Labute approximate surface area is 89.6 Å². The summed E-state index contributed by atoms with van der Waals surface area (Å²) in [4.78, 5) is 13.0. The lowest BCUT2D eigenvalue weighted by atomic mass is 10.1. The molecular formula is C10H16N2O3. The van der Waals surface area contributed by atoms with Gasteiger partial charge in [0.05, 0.1) is 31.8 Å². The number of methoxy groups -OCH3 is 1. The Morgan fingerprint density at radius 3 is 2.93 bits per heavy atom. The number of carbonyl (C=O) groups excluding carboxylic acids is 1. The molecule has 0 aromatic carbocycles. The number of hydrogen-bond acceptors (Lipinski definition) is 4. The topological polar surface area (TPSA) is 62.6 Å². The van der Waals surface area contributed by atoms with Crippen LogP contribution in [0.3, 0.4) is 0 Å². The van der Waals surface area contributed by atoms with Gasteiger partial charge in [-0.25, -0.2) is 0 Å². The molecule has 0 N–H and O–H groups in total. The molecular weight excluding hydrogens is 196 g/mol. The fraction of sp³-hybridized carbons (Fsp3) is 0.800. The van der Waals surface area contributed by atoms with Crippen molar-refractivity contribution in [3.8, 4) is 6.07 Å². The molecule has 1 rings (SSSR count). The molecule has 15 heavy (non-hydrogen) atoms. The van der Waals surface area contributed by atoms with Crippen molar-refractivity contribution in [1.82, 2.24) is 4.90 Å². The number of nitriles is 1. The highest BCUT2D eigenvalue weighted by atomic mass is 16.5. The molecule has 0 bridgehead atoms. The third-order valence-corrected chi connectivity index (χ3v) is 2.33. The second kappa shape index (κ2) is 6.38. The lowest BCUT2D eigenvalue weighted by Crippen LogP contribution is -2.29. The fourth-order valence-electron chi connectivity index (χ4n) is 1.49. The second-order valence-corrected chi connectivity index (χ2v) is 3.48. The summed E-state index contributed by atoms with van der Waals surface area (Å²) >= 11 is 0. The van der Waals surface area contributed by atoms with Gasteiger partial charge in [-0.05, 0) is 0 Å². The van der Waals surface area contributed by atoms with Crippen LogP contribution >= 0.6 is 0 Å². The monoisotopic (exact) mass is 212 g/mol. The Bertz CT molecular complexity index is 250. The zero-order valence-corrected chi connectivity index (χ0v) is 8.94. The van der Waals surface area contributed by atoms with E-state index in [4.69, 9.17) is 14.7 Å². The van der Waals surface area contributed by atoms with E-state index in [1.807, 2.05) is 0 Å². The lowest BCUT2D eigenvalue weighted by Gasteiger charge is -2.15. The summed E-state index contributed by atoms with van der Waals surface area (Å²) in [6.45, 7) is 2.73. The van der Waals surface area contributed by atoms with Crippen LogP contribution in [0.5, 0.6) is 0 Å². The molecule has 84 valence electrons. The van der Waals surface area contributed by atoms with Crippen LogP contribution in [0, 0.1) is 17.2 Å². The van der Waals surface area contributed by atoms with Gasteiger partial charge in [0.2, 0.25) is 5.91 Å². The first-order chi connectivity index (χ1) is 7.27. The highest BCUT2D eigenvalue weighted by molar-refractivity contribution is 5.79. The van der Waals surface area contributed by atoms with Crippen molar-refractivity contribution in [2.45, 2.75) is 6.42 Å². The predicted octanol–water partition coefficient (Wildman–Crippen LogP) is 0.0215. The molecule has 1 aliphatic heterocycles. The summed E-state index contributed by atoms with van der Waals surface area (Å²) < 4.78 is 10.1. The summed E-state index contributed by atoms with van der Waals surface area (Å²) in [6, 6.07) is 2.11. The summed E-state index contributed by atoms with van der Waals surface area (Å²) in [5.41, 5.74) is 0. The fourth-order valence-corrected chi connectivity index (χ4v) is 1.49. The molecule has 1 amide bonds. The van der Waals surface area contributed by atoms with Crippen molar-refractivity contribution in [2.24, 2.45) is 5.92 Å². The van der Waals surface area contributed by atoms with Gasteiger partial charge in [-0.1, -0.05) is 0 Å². The third kappa shape index (κ3) is 3.86. The van der Waals surface area contributed by atoms with Crippen molar-refractivity contribution in [2.75, 3.05) is 40.0 Å². The quantitative estimate of drug-likeness (QED) is 0.582. The predicted molar refractivity (Wildman–Crippen MR) is 53.0 cm³/mol. The second-order valence-electron chi connectivity index (χ2n) is 3.48.